The van der Waals surface area contributed by atoms with Crippen LogP contribution in [0.15, 0.2) is 4.52 Å². The van der Waals surface area contributed by atoms with Gasteiger partial charge in [-0.25, -0.2) is 14.6 Å². The molecule has 0 radical (unpaired) electrons. The van der Waals surface area contributed by atoms with Gasteiger partial charge >= 0.3 is 0 Å². The number of piperidine rings is 1. The number of likely N-dealkylation sites (tertiary alicyclic amines) is 1. The number of nitrogens with zero attached hydrogens (tertiary/aromatic N) is 8. The number of rotatable bonds is 4. The molecular weight excluding hydrogens is 615 g/mol. The SMILES string of the molecule is CC(CN1CCCC1)n1nc2c3c(nc(-c4noc5c4CCCC54CCCc5sc(N)c(C#N)c54)nc31)N1CC(C)(O)CCC1CO2. The molecule has 0 saturated carbocycles. The first-order valence-corrected chi connectivity index (χ1v) is 18.0. The Morgan fingerprint density at radius 3 is 2.77 bits per heavy atom. The number of anilines is 2. The Bertz CT molecular complexity index is 1930. The fourth-order valence-corrected chi connectivity index (χ4v) is 10.3. The minimum absolute atomic E-state index is 0.0619. The van der Waals surface area contributed by atoms with Gasteiger partial charge in [-0.05, 0) is 96.7 Å². The van der Waals surface area contributed by atoms with Crippen molar-refractivity contribution in [3.8, 4) is 23.5 Å². The summed E-state index contributed by atoms with van der Waals surface area (Å²) in [6.07, 6.45) is 9.39. The topological polar surface area (TPSA) is 155 Å². The lowest BCUT2D eigenvalue weighted by atomic mass is 9.63. The Morgan fingerprint density at radius 1 is 1.15 bits per heavy atom. The van der Waals surface area contributed by atoms with Crippen molar-refractivity contribution >= 4 is 33.2 Å². The molecule has 3 aliphatic heterocycles. The number of aliphatic hydroxyl groups is 1. The lowest BCUT2D eigenvalue weighted by Crippen LogP contribution is -2.53. The second-order valence-corrected chi connectivity index (χ2v) is 15.8. The van der Waals surface area contributed by atoms with Gasteiger partial charge in [0, 0.05) is 23.5 Å². The Morgan fingerprint density at radius 2 is 1.96 bits per heavy atom. The molecule has 0 bridgehead atoms. The molecule has 9 rings (SSSR count). The van der Waals surface area contributed by atoms with Crippen LogP contribution in [0.4, 0.5) is 10.8 Å². The third-order valence-electron chi connectivity index (χ3n) is 11.4. The summed E-state index contributed by atoms with van der Waals surface area (Å²) in [5.74, 6) is 2.63. The summed E-state index contributed by atoms with van der Waals surface area (Å²) in [6.45, 7) is 8.08. The van der Waals surface area contributed by atoms with Crippen molar-refractivity contribution in [2.75, 3.05) is 43.4 Å². The van der Waals surface area contributed by atoms with Gasteiger partial charge in [0.2, 0.25) is 5.88 Å². The van der Waals surface area contributed by atoms with Crippen molar-refractivity contribution in [3.05, 3.63) is 27.3 Å². The number of nitrogens with two attached hydrogens (primary N) is 1. The summed E-state index contributed by atoms with van der Waals surface area (Å²) in [5.41, 5.74) is 9.15. The largest absolute Gasteiger partial charge is 0.474 e. The van der Waals surface area contributed by atoms with E-state index in [2.05, 4.69) is 22.8 Å². The Kier molecular flexibility index (Phi) is 6.66. The monoisotopic (exact) mass is 655 g/mol. The van der Waals surface area contributed by atoms with E-state index in [4.69, 9.17) is 35.2 Å². The van der Waals surface area contributed by atoms with E-state index in [9.17, 15) is 10.4 Å². The highest BCUT2D eigenvalue weighted by atomic mass is 32.1. The van der Waals surface area contributed by atoms with Gasteiger partial charge in [0.25, 0.3) is 0 Å². The van der Waals surface area contributed by atoms with Crippen molar-refractivity contribution in [2.45, 2.75) is 101 Å². The summed E-state index contributed by atoms with van der Waals surface area (Å²) in [5, 5.41) is 32.5. The van der Waals surface area contributed by atoms with Crippen molar-refractivity contribution in [3.63, 3.8) is 0 Å². The fourth-order valence-electron chi connectivity index (χ4n) is 9.15. The van der Waals surface area contributed by atoms with Gasteiger partial charge in [-0.15, -0.1) is 16.4 Å². The van der Waals surface area contributed by atoms with E-state index in [0.29, 0.717) is 47.5 Å². The van der Waals surface area contributed by atoms with Gasteiger partial charge in [-0.2, -0.15) is 5.26 Å². The fraction of sp³-hybridized carbons (Fsp3) is 0.618. The van der Waals surface area contributed by atoms with Gasteiger partial charge in [0.05, 0.1) is 28.7 Å². The molecule has 13 heteroatoms. The lowest BCUT2D eigenvalue weighted by molar-refractivity contribution is 0.0321. The van der Waals surface area contributed by atoms with Gasteiger partial charge in [0.1, 0.15) is 28.9 Å². The molecule has 47 heavy (non-hydrogen) atoms. The molecule has 0 aromatic carbocycles. The number of nitrogen functional groups attached to an aromatic ring is 1. The summed E-state index contributed by atoms with van der Waals surface area (Å²) < 4.78 is 14.8. The van der Waals surface area contributed by atoms with Crippen LogP contribution >= 0.6 is 11.3 Å². The van der Waals surface area contributed by atoms with Crippen LogP contribution in [-0.2, 0) is 18.3 Å². The van der Waals surface area contributed by atoms with Gasteiger partial charge in [-0.3, -0.25) is 0 Å². The molecule has 4 aromatic rings. The highest BCUT2D eigenvalue weighted by Crippen LogP contribution is 2.55. The summed E-state index contributed by atoms with van der Waals surface area (Å²) in [4.78, 5) is 16.4. The molecule has 4 aromatic heterocycles. The molecule has 4 unspecified atom stereocenters. The molecule has 0 amide bonds. The number of nitriles is 1. The lowest BCUT2D eigenvalue weighted by Gasteiger charge is -2.42. The number of hydrogen-bond acceptors (Lipinski definition) is 12. The molecule has 2 aliphatic carbocycles. The third kappa shape index (κ3) is 4.44. The molecule has 3 N–H and O–H groups in total. The predicted molar refractivity (Wildman–Crippen MR) is 178 cm³/mol. The normalized spacial score (nSPS) is 27.6. The maximum atomic E-state index is 11.2. The van der Waals surface area contributed by atoms with E-state index in [1.165, 1.54) is 17.7 Å². The van der Waals surface area contributed by atoms with Crippen molar-refractivity contribution in [1.29, 1.82) is 5.26 Å². The minimum atomic E-state index is -0.851. The third-order valence-corrected chi connectivity index (χ3v) is 12.4. The predicted octanol–water partition coefficient (Wildman–Crippen LogP) is 4.72. The van der Waals surface area contributed by atoms with E-state index in [1.807, 2.05) is 11.6 Å². The number of ether oxygens (including phenoxy) is 1. The first-order valence-electron chi connectivity index (χ1n) is 17.2. The Hall–Kier alpha value is -3.73. The number of hydrogen-bond donors (Lipinski definition) is 2. The highest BCUT2D eigenvalue weighted by molar-refractivity contribution is 7.16. The zero-order valence-electron chi connectivity index (χ0n) is 27.1. The smallest absolute Gasteiger partial charge is 0.246 e. The minimum Gasteiger partial charge on any atom is -0.474 e. The maximum Gasteiger partial charge on any atom is 0.246 e. The van der Waals surface area contributed by atoms with Crippen molar-refractivity contribution < 1.29 is 14.4 Å². The molecule has 2 saturated heterocycles. The molecule has 7 heterocycles. The van der Waals surface area contributed by atoms with E-state index >= 15 is 0 Å². The van der Waals surface area contributed by atoms with Crippen molar-refractivity contribution in [2.24, 2.45) is 0 Å². The van der Waals surface area contributed by atoms with Crippen LogP contribution in [0.3, 0.4) is 0 Å². The van der Waals surface area contributed by atoms with E-state index in [0.717, 1.165) is 98.3 Å². The van der Waals surface area contributed by atoms with Crippen LogP contribution in [-0.4, -0.2) is 79.3 Å². The van der Waals surface area contributed by atoms with E-state index < -0.39 is 11.0 Å². The van der Waals surface area contributed by atoms with E-state index in [1.54, 1.807) is 11.3 Å². The number of aryl methyl sites for hydroxylation is 1. The second-order valence-electron chi connectivity index (χ2n) is 14.7. The van der Waals surface area contributed by atoms with Crippen molar-refractivity contribution in [1.82, 2.24) is 29.8 Å². The maximum absolute atomic E-state index is 11.2. The quantitative estimate of drug-likeness (QED) is 0.314. The van der Waals surface area contributed by atoms with Gasteiger partial charge < -0.3 is 29.9 Å². The standard InChI is InChI=1S/C34H41N9O3S/c1-19(16-41-13-3-4-14-41)43-31-24-30(42-18-33(2,44)12-9-20(42)17-45-32(24)39-43)37-29(38-31)26-21-7-5-10-34(27(21)46-40-26)11-6-8-23-25(34)22(15-35)28(36)47-23/h19-20,44H,3-14,16-18,36H2,1-2H3. The second kappa shape index (κ2) is 10.6. The first-order chi connectivity index (χ1) is 22.8. The van der Waals surface area contributed by atoms with Crippen LogP contribution in [0.5, 0.6) is 5.88 Å². The zero-order chi connectivity index (χ0) is 32.1. The molecule has 4 atom stereocenters. The molecule has 12 nitrogen and oxygen atoms in total. The van der Waals surface area contributed by atoms with Crippen LogP contribution in [0.25, 0.3) is 22.6 Å². The number of aromatic nitrogens is 5. The van der Waals surface area contributed by atoms with Crippen LogP contribution in [0, 0.1) is 11.3 Å². The number of fused-ring (bicyclic) bond motifs is 6. The molecule has 2 fully saturated rings. The summed E-state index contributed by atoms with van der Waals surface area (Å²) >= 11 is 1.55. The van der Waals surface area contributed by atoms with Crippen LogP contribution < -0.4 is 15.4 Å². The Balaban J connectivity index is 1.22. The average molecular weight is 656 g/mol. The zero-order valence-corrected chi connectivity index (χ0v) is 27.9. The Labute approximate surface area is 277 Å². The van der Waals surface area contributed by atoms with Gasteiger partial charge in [-0.1, -0.05) is 5.16 Å². The first kappa shape index (κ1) is 29.4. The van der Waals surface area contributed by atoms with E-state index in [-0.39, 0.29) is 12.1 Å². The molecule has 246 valence electrons. The molecule has 1 spiro atoms. The van der Waals surface area contributed by atoms with Crippen LogP contribution in [0.1, 0.15) is 98.6 Å². The van der Waals surface area contributed by atoms with Gasteiger partial charge in [0.15, 0.2) is 22.9 Å². The molecule has 5 aliphatic rings. The summed E-state index contributed by atoms with van der Waals surface area (Å²) in [7, 11) is 0. The van der Waals surface area contributed by atoms with Crippen LogP contribution in [0.2, 0.25) is 0 Å². The summed E-state index contributed by atoms with van der Waals surface area (Å²) in [6, 6.07) is 2.54. The number of thiophene rings is 1. The molecular formula is C34H41N9O3S. The average Bonchev–Trinajstić information content (AvgIpc) is 3.84. The highest BCUT2D eigenvalue weighted by Gasteiger charge is 2.49.